The molecule has 0 amide bonds. The van der Waals surface area contributed by atoms with E-state index in [1.165, 1.54) is 0 Å². The van der Waals surface area contributed by atoms with Gasteiger partial charge >= 0.3 is 0 Å². The Labute approximate surface area is 109 Å². The van der Waals surface area contributed by atoms with Gasteiger partial charge in [0.05, 0.1) is 11.4 Å². The molecule has 0 aromatic heterocycles. The van der Waals surface area contributed by atoms with Crippen molar-refractivity contribution in [3.05, 3.63) is 0 Å². The first-order chi connectivity index (χ1) is 7.87. The summed E-state index contributed by atoms with van der Waals surface area (Å²) in [6.07, 6.45) is 3.86. The standard InChI is InChI=1S/C11H22ClNO3S/c1-10-4-2-5-11(14,8-10)9-13-17(15,16)7-3-6-12/h10,13-14H,2-9H2,1H3. The molecule has 102 valence electrons. The minimum Gasteiger partial charge on any atom is -0.389 e. The summed E-state index contributed by atoms with van der Waals surface area (Å²) < 4.78 is 25.6. The molecule has 2 atom stereocenters. The second-order valence-electron chi connectivity index (χ2n) is 5.11. The van der Waals surface area contributed by atoms with Gasteiger partial charge in [-0.05, 0) is 25.2 Å². The molecule has 1 aliphatic carbocycles. The van der Waals surface area contributed by atoms with E-state index >= 15 is 0 Å². The van der Waals surface area contributed by atoms with Gasteiger partial charge in [-0.2, -0.15) is 0 Å². The Morgan fingerprint density at radius 3 is 2.82 bits per heavy atom. The van der Waals surface area contributed by atoms with E-state index in [1.807, 2.05) is 0 Å². The molecule has 0 aliphatic heterocycles. The maximum Gasteiger partial charge on any atom is 0.211 e. The first-order valence-corrected chi connectivity index (χ1v) is 8.31. The topological polar surface area (TPSA) is 66.4 Å². The quantitative estimate of drug-likeness (QED) is 0.726. The molecule has 0 bridgehead atoms. The minimum atomic E-state index is -3.29. The summed E-state index contributed by atoms with van der Waals surface area (Å²) in [7, 11) is -3.29. The smallest absolute Gasteiger partial charge is 0.211 e. The fraction of sp³-hybridized carbons (Fsp3) is 1.00. The lowest BCUT2D eigenvalue weighted by Gasteiger charge is -2.35. The van der Waals surface area contributed by atoms with Gasteiger partial charge in [-0.3, -0.25) is 0 Å². The number of aliphatic hydroxyl groups is 1. The number of rotatable bonds is 6. The largest absolute Gasteiger partial charge is 0.389 e. The van der Waals surface area contributed by atoms with Crippen LogP contribution in [0, 0.1) is 5.92 Å². The van der Waals surface area contributed by atoms with Gasteiger partial charge in [-0.15, -0.1) is 11.6 Å². The predicted octanol–water partition coefficient (Wildman–Crippen LogP) is 1.48. The van der Waals surface area contributed by atoms with Crippen LogP contribution in [0.3, 0.4) is 0 Å². The van der Waals surface area contributed by atoms with Gasteiger partial charge in [-0.25, -0.2) is 13.1 Å². The van der Waals surface area contributed by atoms with E-state index in [-0.39, 0.29) is 12.3 Å². The lowest BCUT2D eigenvalue weighted by Crippen LogP contribution is -2.46. The summed E-state index contributed by atoms with van der Waals surface area (Å²) in [5, 5.41) is 10.3. The normalized spacial score (nSPS) is 30.4. The third-order valence-electron chi connectivity index (χ3n) is 3.24. The van der Waals surface area contributed by atoms with Crippen molar-refractivity contribution in [3.63, 3.8) is 0 Å². The molecule has 0 saturated heterocycles. The maximum atomic E-state index is 11.6. The van der Waals surface area contributed by atoms with Gasteiger partial charge in [0, 0.05) is 12.4 Å². The van der Waals surface area contributed by atoms with E-state index in [0.29, 0.717) is 31.1 Å². The highest BCUT2D eigenvalue weighted by Gasteiger charge is 2.33. The number of hydrogen-bond acceptors (Lipinski definition) is 3. The fourth-order valence-electron chi connectivity index (χ4n) is 2.35. The van der Waals surface area contributed by atoms with Crippen LogP contribution in [0.25, 0.3) is 0 Å². The van der Waals surface area contributed by atoms with Crippen LogP contribution in [0.1, 0.15) is 39.0 Å². The summed E-state index contributed by atoms with van der Waals surface area (Å²) in [5.41, 5.74) is -0.869. The van der Waals surface area contributed by atoms with Crippen LogP contribution in [0.2, 0.25) is 0 Å². The Kier molecular flexibility index (Phi) is 5.70. The first kappa shape index (κ1) is 15.2. The van der Waals surface area contributed by atoms with Crippen molar-refractivity contribution in [2.24, 2.45) is 5.92 Å². The van der Waals surface area contributed by atoms with Crippen LogP contribution < -0.4 is 4.72 Å². The molecule has 0 heterocycles. The van der Waals surface area contributed by atoms with E-state index < -0.39 is 15.6 Å². The lowest BCUT2D eigenvalue weighted by molar-refractivity contribution is -0.00751. The molecule has 2 N–H and O–H groups in total. The summed E-state index contributed by atoms with van der Waals surface area (Å²) in [5.74, 6) is 0.825. The summed E-state index contributed by atoms with van der Waals surface area (Å²) in [6.45, 7) is 2.22. The number of sulfonamides is 1. The molecule has 0 radical (unpaired) electrons. The van der Waals surface area contributed by atoms with Gasteiger partial charge < -0.3 is 5.11 Å². The average Bonchev–Trinajstić information content (AvgIpc) is 2.24. The molecule has 1 saturated carbocycles. The van der Waals surface area contributed by atoms with E-state index in [1.54, 1.807) is 0 Å². The van der Waals surface area contributed by atoms with Crippen LogP contribution >= 0.6 is 11.6 Å². The van der Waals surface area contributed by atoms with E-state index in [4.69, 9.17) is 11.6 Å². The number of nitrogens with one attached hydrogen (secondary N) is 1. The lowest BCUT2D eigenvalue weighted by atomic mass is 9.79. The van der Waals surface area contributed by atoms with Gasteiger partial charge in [0.15, 0.2) is 0 Å². The Morgan fingerprint density at radius 2 is 2.24 bits per heavy atom. The number of alkyl halides is 1. The average molecular weight is 284 g/mol. The minimum absolute atomic E-state index is 0.0299. The van der Waals surface area contributed by atoms with E-state index in [2.05, 4.69) is 11.6 Å². The van der Waals surface area contributed by atoms with Crippen molar-refractivity contribution in [1.29, 1.82) is 0 Å². The molecule has 1 rings (SSSR count). The third-order valence-corrected chi connectivity index (χ3v) is 4.91. The van der Waals surface area contributed by atoms with Crippen LogP contribution in [-0.2, 0) is 10.0 Å². The molecule has 0 aromatic rings. The number of hydrogen-bond donors (Lipinski definition) is 2. The zero-order chi connectivity index (χ0) is 12.9. The molecule has 0 spiro atoms. The Hall–Kier alpha value is 0.160. The highest BCUT2D eigenvalue weighted by atomic mass is 35.5. The van der Waals surface area contributed by atoms with Crippen molar-refractivity contribution in [3.8, 4) is 0 Å². The zero-order valence-electron chi connectivity index (χ0n) is 10.3. The van der Waals surface area contributed by atoms with Gasteiger partial charge in [0.1, 0.15) is 0 Å². The second-order valence-corrected chi connectivity index (χ2v) is 7.41. The first-order valence-electron chi connectivity index (χ1n) is 6.13. The molecule has 17 heavy (non-hydrogen) atoms. The Morgan fingerprint density at radius 1 is 1.53 bits per heavy atom. The molecule has 6 heteroatoms. The molecular formula is C11H22ClNO3S. The predicted molar refractivity (Wildman–Crippen MR) is 69.7 cm³/mol. The van der Waals surface area contributed by atoms with Crippen LogP contribution in [-0.4, -0.2) is 37.3 Å². The third kappa shape index (κ3) is 5.55. The van der Waals surface area contributed by atoms with Crippen molar-refractivity contribution >= 4 is 21.6 Å². The molecule has 1 aliphatic rings. The van der Waals surface area contributed by atoms with E-state index in [9.17, 15) is 13.5 Å². The molecule has 2 unspecified atom stereocenters. The van der Waals surface area contributed by atoms with Crippen molar-refractivity contribution in [2.45, 2.75) is 44.6 Å². The molecular weight excluding hydrogens is 262 g/mol. The van der Waals surface area contributed by atoms with E-state index in [0.717, 1.165) is 12.8 Å². The highest BCUT2D eigenvalue weighted by molar-refractivity contribution is 7.89. The summed E-state index contributed by atoms with van der Waals surface area (Å²) in [4.78, 5) is 0. The van der Waals surface area contributed by atoms with Crippen molar-refractivity contribution < 1.29 is 13.5 Å². The number of halogens is 1. The Bertz CT molecular complexity index is 334. The molecule has 0 aromatic carbocycles. The van der Waals surface area contributed by atoms with Gasteiger partial charge in [0.25, 0.3) is 0 Å². The maximum absolute atomic E-state index is 11.6. The monoisotopic (exact) mass is 283 g/mol. The second kappa shape index (κ2) is 6.36. The highest BCUT2D eigenvalue weighted by Crippen LogP contribution is 2.31. The molecule has 1 fully saturated rings. The summed E-state index contributed by atoms with van der Waals surface area (Å²) >= 11 is 5.46. The van der Waals surface area contributed by atoms with Crippen molar-refractivity contribution in [2.75, 3.05) is 18.2 Å². The zero-order valence-corrected chi connectivity index (χ0v) is 11.9. The van der Waals surface area contributed by atoms with Crippen LogP contribution in [0.15, 0.2) is 0 Å². The SMILES string of the molecule is CC1CCCC(O)(CNS(=O)(=O)CCCCl)C1. The van der Waals surface area contributed by atoms with Crippen LogP contribution in [0.5, 0.6) is 0 Å². The molecule has 4 nitrogen and oxygen atoms in total. The van der Waals surface area contributed by atoms with Crippen molar-refractivity contribution in [1.82, 2.24) is 4.72 Å². The van der Waals surface area contributed by atoms with Gasteiger partial charge in [0.2, 0.25) is 10.0 Å². The van der Waals surface area contributed by atoms with Gasteiger partial charge in [-0.1, -0.05) is 19.8 Å². The Balaban J connectivity index is 2.43. The fourth-order valence-corrected chi connectivity index (χ4v) is 3.80. The van der Waals surface area contributed by atoms with Crippen LogP contribution in [0.4, 0.5) is 0 Å². The summed E-state index contributed by atoms with van der Waals surface area (Å²) in [6, 6.07) is 0.